The Labute approximate surface area is 178 Å². The predicted molar refractivity (Wildman–Crippen MR) is 118 cm³/mol. The second-order valence-corrected chi connectivity index (χ2v) is 8.03. The number of amides is 1. The average molecular weight is 424 g/mol. The van der Waals surface area contributed by atoms with Gasteiger partial charge in [-0.1, -0.05) is 42.8 Å². The molecule has 0 saturated carbocycles. The Kier molecular flexibility index (Phi) is 5.55. The first-order chi connectivity index (χ1) is 14.5. The molecule has 2 aromatic heterocycles. The molecule has 1 atom stereocenters. The van der Waals surface area contributed by atoms with Crippen LogP contribution in [0.15, 0.2) is 53.5 Å². The fraction of sp³-hybridized carbons (Fsp3) is 0.273. The van der Waals surface area contributed by atoms with Gasteiger partial charge in [0.15, 0.2) is 0 Å². The smallest absolute Gasteiger partial charge is 0.278 e. The Morgan fingerprint density at radius 1 is 1.20 bits per heavy atom. The van der Waals surface area contributed by atoms with Crippen molar-refractivity contribution in [3.05, 3.63) is 69.6 Å². The monoisotopic (exact) mass is 423 g/mol. The van der Waals surface area contributed by atoms with E-state index in [4.69, 9.17) is 11.6 Å². The van der Waals surface area contributed by atoms with E-state index in [9.17, 15) is 9.59 Å². The molecule has 0 aliphatic rings. The van der Waals surface area contributed by atoms with Crippen LogP contribution >= 0.6 is 11.6 Å². The number of carbonyl (C=O) groups is 1. The number of aromatic nitrogens is 4. The van der Waals surface area contributed by atoms with E-state index in [0.29, 0.717) is 28.9 Å². The molecule has 0 spiro atoms. The molecule has 2 N–H and O–H groups in total. The minimum Gasteiger partial charge on any atom is -0.361 e. The molecule has 0 radical (unpaired) electrons. The van der Waals surface area contributed by atoms with Gasteiger partial charge in [-0.2, -0.15) is 4.68 Å². The topological polar surface area (TPSA) is 92.7 Å². The molecule has 4 aromatic rings. The molecular weight excluding hydrogens is 402 g/mol. The van der Waals surface area contributed by atoms with E-state index >= 15 is 0 Å². The van der Waals surface area contributed by atoms with Crippen molar-refractivity contribution < 1.29 is 4.79 Å². The Balaban J connectivity index is 1.52. The number of hydrogen-bond donors (Lipinski definition) is 2. The van der Waals surface area contributed by atoms with Crippen molar-refractivity contribution in [1.82, 2.24) is 25.3 Å². The number of rotatable bonds is 6. The molecule has 0 aliphatic carbocycles. The van der Waals surface area contributed by atoms with Gasteiger partial charge < -0.3 is 10.3 Å². The van der Waals surface area contributed by atoms with Crippen molar-refractivity contribution in [3.63, 3.8) is 0 Å². The molecule has 4 rings (SSSR count). The predicted octanol–water partition coefficient (Wildman–Crippen LogP) is 3.48. The summed E-state index contributed by atoms with van der Waals surface area (Å²) < 4.78 is 1.19. The fourth-order valence-corrected chi connectivity index (χ4v) is 3.83. The summed E-state index contributed by atoms with van der Waals surface area (Å²) >= 11 is 6.10. The van der Waals surface area contributed by atoms with Crippen LogP contribution in [-0.4, -0.2) is 32.4 Å². The molecule has 0 bridgehead atoms. The molecule has 0 aliphatic heterocycles. The zero-order valence-corrected chi connectivity index (χ0v) is 17.5. The van der Waals surface area contributed by atoms with Gasteiger partial charge in [-0.05, 0) is 48.2 Å². The number of benzene rings is 2. The van der Waals surface area contributed by atoms with E-state index in [1.165, 1.54) is 4.68 Å². The van der Waals surface area contributed by atoms with Crippen LogP contribution in [0.4, 0.5) is 0 Å². The maximum absolute atomic E-state index is 13.0. The second kappa shape index (κ2) is 8.28. The lowest BCUT2D eigenvalue weighted by molar-refractivity contribution is -0.126. The van der Waals surface area contributed by atoms with E-state index in [2.05, 4.69) is 20.6 Å². The molecule has 1 amide bonds. The number of nitrogens with one attached hydrogen (secondary N) is 2. The summed E-state index contributed by atoms with van der Waals surface area (Å²) in [6, 6.07) is 11.9. The highest BCUT2D eigenvalue weighted by Crippen LogP contribution is 2.23. The molecule has 30 heavy (non-hydrogen) atoms. The Morgan fingerprint density at radius 2 is 2.00 bits per heavy atom. The molecule has 8 heteroatoms. The van der Waals surface area contributed by atoms with Crippen LogP contribution in [0, 0.1) is 5.92 Å². The van der Waals surface area contributed by atoms with Gasteiger partial charge in [0.25, 0.3) is 5.56 Å². The largest absolute Gasteiger partial charge is 0.361 e. The summed E-state index contributed by atoms with van der Waals surface area (Å²) in [6.07, 6.45) is 2.56. The van der Waals surface area contributed by atoms with Crippen LogP contribution in [0.5, 0.6) is 0 Å². The van der Waals surface area contributed by atoms with Crippen molar-refractivity contribution in [2.75, 3.05) is 6.54 Å². The molecular formula is C22H22ClN5O2. The summed E-state index contributed by atoms with van der Waals surface area (Å²) in [6.45, 7) is 4.20. The van der Waals surface area contributed by atoms with Gasteiger partial charge in [0.1, 0.15) is 11.6 Å². The molecule has 154 valence electrons. The third-order valence-corrected chi connectivity index (χ3v) is 5.41. The molecule has 0 saturated heterocycles. The third kappa shape index (κ3) is 3.80. The van der Waals surface area contributed by atoms with Crippen molar-refractivity contribution in [2.24, 2.45) is 5.92 Å². The van der Waals surface area contributed by atoms with Gasteiger partial charge in [0, 0.05) is 28.7 Å². The summed E-state index contributed by atoms with van der Waals surface area (Å²) in [7, 11) is 0. The lowest BCUT2D eigenvalue weighted by Crippen LogP contribution is -2.42. The third-order valence-electron chi connectivity index (χ3n) is 5.18. The van der Waals surface area contributed by atoms with Gasteiger partial charge in [-0.25, -0.2) is 0 Å². The quantitative estimate of drug-likeness (QED) is 0.496. The first-order valence-electron chi connectivity index (χ1n) is 9.83. The average Bonchev–Trinajstić information content (AvgIpc) is 3.12. The van der Waals surface area contributed by atoms with Crippen molar-refractivity contribution >= 4 is 39.3 Å². The van der Waals surface area contributed by atoms with Crippen molar-refractivity contribution in [2.45, 2.75) is 26.3 Å². The van der Waals surface area contributed by atoms with E-state index in [1.54, 1.807) is 24.3 Å². The summed E-state index contributed by atoms with van der Waals surface area (Å²) in [5.74, 6) is -0.389. The molecule has 0 unspecified atom stereocenters. The first-order valence-corrected chi connectivity index (χ1v) is 10.2. The highest BCUT2D eigenvalue weighted by molar-refractivity contribution is 6.31. The fourth-order valence-electron chi connectivity index (χ4n) is 3.66. The summed E-state index contributed by atoms with van der Waals surface area (Å²) in [4.78, 5) is 29.0. The SMILES string of the molecule is CC(C)[C@@H](C(=O)NCCc1c[nH]c2ccc(Cl)cc12)n1nnc2ccccc2c1=O. The maximum Gasteiger partial charge on any atom is 0.278 e. The van der Waals surface area contributed by atoms with Crippen LogP contribution in [-0.2, 0) is 11.2 Å². The van der Waals surface area contributed by atoms with Crippen molar-refractivity contribution in [1.29, 1.82) is 0 Å². The minimum absolute atomic E-state index is 0.134. The minimum atomic E-state index is -0.744. The number of carbonyl (C=O) groups excluding carboxylic acids is 1. The van der Waals surface area contributed by atoms with E-state index in [0.717, 1.165) is 16.5 Å². The van der Waals surface area contributed by atoms with E-state index in [1.807, 2.05) is 38.2 Å². The van der Waals surface area contributed by atoms with E-state index < -0.39 is 6.04 Å². The van der Waals surface area contributed by atoms with Gasteiger partial charge in [0.2, 0.25) is 5.91 Å². The van der Waals surface area contributed by atoms with Crippen molar-refractivity contribution in [3.8, 4) is 0 Å². The lowest BCUT2D eigenvalue weighted by atomic mass is 10.0. The van der Waals surface area contributed by atoms with Gasteiger partial charge in [-0.15, -0.1) is 5.10 Å². The Hall–Kier alpha value is -3.19. The Bertz CT molecular complexity index is 1280. The van der Waals surface area contributed by atoms with E-state index in [-0.39, 0.29) is 17.4 Å². The standard InChI is InChI=1S/C22H22ClN5O2/c1-13(2)20(28-22(30)16-5-3-4-6-19(16)26-27-28)21(29)24-10-9-14-12-25-18-8-7-15(23)11-17(14)18/h3-8,11-13,20,25H,9-10H2,1-2H3,(H,24,29)/t20-/m0/s1. The number of hydrogen-bond acceptors (Lipinski definition) is 4. The molecule has 7 nitrogen and oxygen atoms in total. The van der Waals surface area contributed by atoms with Crippen LogP contribution in [0.2, 0.25) is 5.02 Å². The van der Waals surface area contributed by atoms with Crippen LogP contribution in [0.1, 0.15) is 25.5 Å². The number of aromatic amines is 1. The zero-order chi connectivity index (χ0) is 21.3. The lowest BCUT2D eigenvalue weighted by Gasteiger charge is -2.21. The van der Waals surface area contributed by atoms with Crippen LogP contribution < -0.4 is 10.9 Å². The number of H-pyrrole nitrogens is 1. The molecule has 2 aromatic carbocycles. The molecule has 2 heterocycles. The first kappa shape index (κ1) is 20.1. The summed E-state index contributed by atoms with van der Waals surface area (Å²) in [5, 5.41) is 13.2. The molecule has 0 fully saturated rings. The van der Waals surface area contributed by atoms with Crippen LogP contribution in [0.3, 0.4) is 0 Å². The zero-order valence-electron chi connectivity index (χ0n) is 16.7. The highest BCUT2D eigenvalue weighted by Gasteiger charge is 2.27. The number of halogens is 1. The van der Waals surface area contributed by atoms with Gasteiger partial charge in [-0.3, -0.25) is 9.59 Å². The van der Waals surface area contributed by atoms with Gasteiger partial charge >= 0.3 is 0 Å². The van der Waals surface area contributed by atoms with Crippen LogP contribution in [0.25, 0.3) is 21.8 Å². The summed E-state index contributed by atoms with van der Waals surface area (Å²) in [5.41, 5.74) is 2.26. The number of nitrogens with zero attached hydrogens (tertiary/aromatic N) is 3. The highest BCUT2D eigenvalue weighted by atomic mass is 35.5. The normalized spacial score (nSPS) is 12.5. The second-order valence-electron chi connectivity index (χ2n) is 7.59. The number of fused-ring (bicyclic) bond motifs is 2. The van der Waals surface area contributed by atoms with Gasteiger partial charge in [0.05, 0.1) is 5.39 Å². The Morgan fingerprint density at radius 3 is 2.80 bits per heavy atom. The maximum atomic E-state index is 13.0.